The second-order valence-electron chi connectivity index (χ2n) is 2.96. The van der Waals surface area contributed by atoms with Gasteiger partial charge in [-0.1, -0.05) is 6.92 Å². The number of halogens is 10. The van der Waals surface area contributed by atoms with E-state index in [-0.39, 0.29) is 0 Å². The van der Waals surface area contributed by atoms with Crippen molar-refractivity contribution in [2.45, 2.75) is 23.7 Å². The fourth-order valence-electron chi connectivity index (χ4n) is 0.719. The molecule has 0 nitrogen and oxygen atoms in total. The van der Waals surface area contributed by atoms with Crippen molar-refractivity contribution in [1.82, 2.24) is 0 Å². The van der Waals surface area contributed by atoms with Crippen molar-refractivity contribution in [3.63, 3.8) is 0 Å². The van der Waals surface area contributed by atoms with Crippen molar-refractivity contribution in [3.05, 3.63) is 0 Å². The summed E-state index contributed by atoms with van der Waals surface area (Å²) in [4.78, 5) is 0. The minimum atomic E-state index is -5.23. The minimum Gasteiger partial charge on any atom is -0.173 e. The monoisotopic (exact) mass is 362 g/mol. The highest BCUT2D eigenvalue weighted by Gasteiger charge is 2.72. The van der Waals surface area contributed by atoms with E-state index < -0.39 is 30.2 Å². The highest BCUT2D eigenvalue weighted by atomic mass is 35.7. The van der Waals surface area contributed by atoms with E-state index in [1.807, 2.05) is 0 Å². The lowest BCUT2D eigenvalue weighted by molar-refractivity contribution is -0.0556. The lowest BCUT2D eigenvalue weighted by atomic mass is 10.9. The maximum atomic E-state index is 12.3. The zero-order valence-corrected chi connectivity index (χ0v) is 12.4. The Morgan fingerprint density at radius 2 is 0.938 bits per heavy atom. The van der Waals surface area contributed by atoms with Crippen LogP contribution in [-0.4, -0.2) is 25.0 Å². The van der Waals surface area contributed by atoms with Crippen LogP contribution < -0.4 is 0 Å². The van der Waals surface area contributed by atoms with Crippen LogP contribution in [0.15, 0.2) is 0 Å². The summed E-state index contributed by atoms with van der Waals surface area (Å²) >= 11 is 20.0. The zero-order valence-electron chi connectivity index (χ0n) is 7.36. The van der Waals surface area contributed by atoms with Gasteiger partial charge in [0.1, 0.15) is 0 Å². The Morgan fingerprint density at radius 3 is 1.06 bits per heavy atom. The summed E-state index contributed by atoms with van der Waals surface area (Å²) in [5.41, 5.74) is 0. The fourth-order valence-corrected chi connectivity index (χ4v) is 12.4. The Balaban J connectivity index is 5.30. The van der Waals surface area contributed by atoms with Crippen LogP contribution in [-0.2, 0) is 0 Å². The molecule has 98 valence electrons. The first-order chi connectivity index (χ1) is 6.65. The van der Waals surface area contributed by atoms with E-state index in [1.165, 1.54) is 0 Å². The summed E-state index contributed by atoms with van der Waals surface area (Å²) in [5.74, 6) is -10.2. The molecule has 0 spiro atoms. The average molecular weight is 364 g/mol. The van der Waals surface area contributed by atoms with E-state index >= 15 is 0 Å². The quantitative estimate of drug-likeness (QED) is 0.369. The second kappa shape index (κ2) is 4.69. The van der Waals surface area contributed by atoms with E-state index in [2.05, 4.69) is 0 Å². The molecular formula is C4H4Cl4F6Si2. The lowest BCUT2D eigenvalue weighted by Crippen LogP contribution is -2.56. The van der Waals surface area contributed by atoms with Crippen LogP contribution in [0.4, 0.5) is 26.3 Å². The number of hydrogen-bond acceptors (Lipinski definition) is 0. The molecule has 0 aliphatic carbocycles. The Kier molecular flexibility index (Phi) is 5.04. The molecule has 0 bridgehead atoms. The van der Waals surface area contributed by atoms with Gasteiger partial charge in [0, 0.05) is 5.16 Å². The van der Waals surface area contributed by atoms with Crippen LogP contribution in [0.5, 0.6) is 0 Å². The van der Waals surface area contributed by atoms with Crippen molar-refractivity contribution in [2.24, 2.45) is 0 Å². The van der Waals surface area contributed by atoms with Crippen molar-refractivity contribution >= 4 is 57.7 Å². The summed E-state index contributed by atoms with van der Waals surface area (Å²) in [5, 5.41) is -2.23. The SMILES string of the molecule is CC([Si](Cl)(Cl)C(F)(F)F)[Si](Cl)(Cl)C(F)(F)F. The van der Waals surface area contributed by atoms with E-state index in [0.717, 1.165) is 0 Å². The van der Waals surface area contributed by atoms with Crippen LogP contribution >= 0.6 is 44.3 Å². The summed E-state index contributed by atoms with van der Waals surface area (Å²) in [7, 11) is 0. The molecule has 0 saturated carbocycles. The van der Waals surface area contributed by atoms with Gasteiger partial charge < -0.3 is 0 Å². The first-order valence-corrected chi connectivity index (χ1v) is 11.7. The molecule has 0 aliphatic heterocycles. The highest BCUT2D eigenvalue weighted by Crippen LogP contribution is 2.54. The van der Waals surface area contributed by atoms with Gasteiger partial charge in [0.05, 0.1) is 0 Å². The van der Waals surface area contributed by atoms with Gasteiger partial charge in [-0.2, -0.15) is 26.3 Å². The van der Waals surface area contributed by atoms with Crippen LogP contribution in [0.3, 0.4) is 0 Å². The van der Waals surface area contributed by atoms with Gasteiger partial charge in [-0.15, -0.1) is 44.3 Å². The molecule has 0 heterocycles. The van der Waals surface area contributed by atoms with Gasteiger partial charge in [-0.25, -0.2) is 0 Å². The summed E-state index contributed by atoms with van der Waals surface area (Å²) in [6.45, 7) is -9.88. The molecule has 0 rings (SSSR count). The van der Waals surface area contributed by atoms with Crippen molar-refractivity contribution in [3.8, 4) is 0 Å². The van der Waals surface area contributed by atoms with Gasteiger partial charge >= 0.3 is 25.0 Å². The molecule has 0 saturated heterocycles. The third kappa shape index (κ3) is 3.14. The van der Waals surface area contributed by atoms with E-state index in [1.54, 1.807) is 0 Å². The van der Waals surface area contributed by atoms with Crippen LogP contribution in [0, 0.1) is 0 Å². The maximum Gasteiger partial charge on any atom is 0.393 e. The smallest absolute Gasteiger partial charge is 0.173 e. The second-order valence-corrected chi connectivity index (χ2v) is 17.2. The molecule has 0 radical (unpaired) electrons. The van der Waals surface area contributed by atoms with Gasteiger partial charge in [0.2, 0.25) is 0 Å². The van der Waals surface area contributed by atoms with Crippen LogP contribution in [0.2, 0.25) is 5.16 Å². The molecule has 16 heavy (non-hydrogen) atoms. The van der Waals surface area contributed by atoms with Crippen LogP contribution in [0.25, 0.3) is 0 Å². The maximum absolute atomic E-state index is 12.3. The Hall–Kier alpha value is 1.17. The first-order valence-electron chi connectivity index (χ1n) is 3.54. The fraction of sp³-hybridized carbons (Fsp3) is 1.00. The summed E-state index contributed by atoms with van der Waals surface area (Å²) < 4.78 is 74.0. The third-order valence-electron chi connectivity index (χ3n) is 1.84. The lowest BCUT2D eigenvalue weighted by Gasteiger charge is -2.33. The molecule has 0 aliphatic rings. The topological polar surface area (TPSA) is 0 Å². The van der Waals surface area contributed by atoms with Gasteiger partial charge in [-0.05, 0) is 0 Å². The van der Waals surface area contributed by atoms with E-state index in [0.29, 0.717) is 6.92 Å². The normalized spacial score (nSPS) is 15.8. The Labute approximate surface area is 108 Å². The highest BCUT2D eigenvalue weighted by molar-refractivity contribution is 7.58. The van der Waals surface area contributed by atoms with Crippen molar-refractivity contribution in [2.75, 3.05) is 0 Å². The molecule has 0 amide bonds. The third-order valence-corrected chi connectivity index (χ3v) is 16.8. The molecule has 0 atom stereocenters. The minimum absolute atomic E-state index is 0.583. The molecule has 0 aromatic rings. The standard InChI is InChI=1S/C4H4Cl4F6Si2/c1-2(15(5,6)3(9,10)11)16(7,8)4(12,13)14/h2H,1H3. The molecule has 0 N–H and O–H groups in total. The van der Waals surface area contributed by atoms with Crippen molar-refractivity contribution in [1.29, 1.82) is 0 Å². The van der Waals surface area contributed by atoms with E-state index in [9.17, 15) is 26.3 Å². The Bertz CT molecular complexity index is 234. The molecule has 0 fully saturated rings. The number of rotatable bonds is 2. The number of alkyl halides is 6. The first kappa shape index (κ1) is 17.2. The van der Waals surface area contributed by atoms with Crippen LogP contribution in [0.1, 0.15) is 6.92 Å². The van der Waals surface area contributed by atoms with Gasteiger partial charge in [0.25, 0.3) is 0 Å². The largest absolute Gasteiger partial charge is 0.393 e. The average Bonchev–Trinajstić information content (AvgIpc) is 1.98. The number of hydrogen-bond donors (Lipinski definition) is 0. The summed E-state index contributed by atoms with van der Waals surface area (Å²) in [6, 6.07) is 0. The predicted octanol–water partition coefficient (Wildman–Crippen LogP) is 4.96. The van der Waals surface area contributed by atoms with Gasteiger partial charge in [-0.3, -0.25) is 0 Å². The van der Waals surface area contributed by atoms with Crippen molar-refractivity contribution < 1.29 is 26.3 Å². The summed E-state index contributed by atoms with van der Waals surface area (Å²) in [6.07, 6.45) is 0. The predicted molar refractivity (Wildman–Crippen MR) is 56.5 cm³/mol. The molecule has 12 heteroatoms. The zero-order chi connectivity index (χ0) is 13.6. The molecule has 0 unspecified atom stereocenters. The molecule has 0 aromatic heterocycles. The molecular weight excluding hydrogens is 360 g/mol. The van der Waals surface area contributed by atoms with Gasteiger partial charge in [0.15, 0.2) is 0 Å². The molecule has 0 aromatic carbocycles. The van der Waals surface area contributed by atoms with E-state index in [4.69, 9.17) is 44.3 Å². The Morgan fingerprint density at radius 1 is 0.750 bits per heavy atom.